The Balaban J connectivity index is 1.79. The molecule has 10 heteroatoms. The minimum atomic E-state index is -3.39. The standard InChI is InChI=1S/C19H32N6O3S/c20-18(13-16-7-2-1-3-8-16)19(26)25-11-6-9-17(25)14-24-29(27,28)12-5-4-10-22-15-23-21/h1-3,7-8,15,17-18,24H,4-6,9-14,20-21H2,(H,22,23). The second kappa shape index (κ2) is 11.9. The van der Waals surface area contributed by atoms with Crippen LogP contribution in [0.1, 0.15) is 31.2 Å². The van der Waals surface area contributed by atoms with E-state index in [2.05, 4.69) is 15.1 Å². The Bertz CT molecular complexity index is 756. The zero-order chi connectivity index (χ0) is 21.1. The maximum atomic E-state index is 12.8. The second-order valence-electron chi connectivity index (χ2n) is 7.20. The molecular formula is C19H32N6O3S. The Kier molecular flexibility index (Phi) is 9.52. The smallest absolute Gasteiger partial charge is 0.240 e. The summed E-state index contributed by atoms with van der Waals surface area (Å²) >= 11 is 0. The first-order valence-corrected chi connectivity index (χ1v) is 11.6. The van der Waals surface area contributed by atoms with Crippen LogP contribution < -0.4 is 21.7 Å². The van der Waals surface area contributed by atoms with Crippen molar-refractivity contribution >= 4 is 22.3 Å². The predicted molar refractivity (Wildman–Crippen MR) is 115 cm³/mol. The van der Waals surface area contributed by atoms with Gasteiger partial charge in [-0.1, -0.05) is 30.3 Å². The van der Waals surface area contributed by atoms with Crippen molar-refractivity contribution in [3.8, 4) is 0 Å². The molecule has 1 saturated heterocycles. The molecule has 9 nitrogen and oxygen atoms in total. The van der Waals surface area contributed by atoms with Crippen LogP contribution in [0.4, 0.5) is 0 Å². The number of sulfonamides is 1. The van der Waals surface area contributed by atoms with Gasteiger partial charge in [0.2, 0.25) is 15.9 Å². The number of aliphatic imine (C=N–C) groups is 1. The van der Waals surface area contributed by atoms with Gasteiger partial charge in [-0.15, -0.1) is 0 Å². The van der Waals surface area contributed by atoms with E-state index in [1.165, 1.54) is 6.34 Å². The molecule has 0 radical (unpaired) electrons. The molecule has 1 aromatic rings. The minimum Gasteiger partial charge on any atom is -0.337 e. The van der Waals surface area contributed by atoms with Crippen LogP contribution in [0.25, 0.3) is 0 Å². The molecule has 1 aliphatic rings. The average Bonchev–Trinajstić information content (AvgIpc) is 3.18. The van der Waals surface area contributed by atoms with Gasteiger partial charge in [-0.3, -0.25) is 9.79 Å². The lowest BCUT2D eigenvalue weighted by molar-refractivity contribution is -0.133. The van der Waals surface area contributed by atoms with E-state index in [0.29, 0.717) is 32.4 Å². The van der Waals surface area contributed by atoms with Crippen LogP contribution in [-0.4, -0.2) is 63.0 Å². The van der Waals surface area contributed by atoms with Crippen molar-refractivity contribution in [3.05, 3.63) is 35.9 Å². The quantitative estimate of drug-likeness (QED) is 0.120. The molecule has 162 valence electrons. The molecule has 2 atom stereocenters. The van der Waals surface area contributed by atoms with Gasteiger partial charge >= 0.3 is 0 Å². The van der Waals surface area contributed by atoms with Gasteiger partial charge in [0.05, 0.1) is 18.1 Å². The maximum absolute atomic E-state index is 12.8. The Morgan fingerprint density at radius 1 is 1.31 bits per heavy atom. The topological polar surface area (TPSA) is 143 Å². The number of amides is 1. The molecule has 0 spiro atoms. The lowest BCUT2D eigenvalue weighted by atomic mass is 10.1. The number of likely N-dealkylation sites (tertiary alicyclic amines) is 1. The fraction of sp³-hybridized carbons (Fsp3) is 0.579. The molecule has 0 aliphatic carbocycles. The molecule has 2 unspecified atom stereocenters. The largest absolute Gasteiger partial charge is 0.337 e. The fourth-order valence-electron chi connectivity index (χ4n) is 3.41. The van der Waals surface area contributed by atoms with Crippen LogP contribution in [0.5, 0.6) is 0 Å². The fourth-order valence-corrected chi connectivity index (χ4v) is 4.59. The molecule has 0 saturated carbocycles. The van der Waals surface area contributed by atoms with Gasteiger partial charge in [0.1, 0.15) is 0 Å². The summed E-state index contributed by atoms with van der Waals surface area (Å²) in [5, 5.41) is 0. The number of nitrogens with one attached hydrogen (secondary N) is 2. The molecular weight excluding hydrogens is 392 g/mol. The van der Waals surface area contributed by atoms with Crippen LogP contribution in [0.3, 0.4) is 0 Å². The van der Waals surface area contributed by atoms with E-state index in [1.54, 1.807) is 4.90 Å². The summed E-state index contributed by atoms with van der Waals surface area (Å²) in [7, 11) is -3.39. The zero-order valence-corrected chi connectivity index (χ0v) is 17.5. The monoisotopic (exact) mass is 424 g/mol. The molecule has 1 fully saturated rings. The van der Waals surface area contributed by atoms with Gasteiger partial charge in [-0.2, -0.15) is 0 Å². The summed E-state index contributed by atoms with van der Waals surface area (Å²) < 4.78 is 27.1. The van der Waals surface area contributed by atoms with E-state index in [-0.39, 0.29) is 24.2 Å². The third kappa shape index (κ3) is 8.09. The lowest BCUT2D eigenvalue weighted by Crippen LogP contribution is -2.50. The number of carbonyl (C=O) groups is 1. The van der Waals surface area contributed by atoms with Crippen LogP contribution in [0.15, 0.2) is 35.3 Å². The first-order valence-electron chi connectivity index (χ1n) is 9.94. The van der Waals surface area contributed by atoms with E-state index in [4.69, 9.17) is 11.6 Å². The van der Waals surface area contributed by atoms with Gasteiger partial charge in [0.25, 0.3) is 0 Å². The van der Waals surface area contributed by atoms with E-state index < -0.39 is 16.1 Å². The zero-order valence-electron chi connectivity index (χ0n) is 16.7. The number of unbranched alkanes of at least 4 members (excludes halogenated alkanes) is 1. The SMILES string of the molecule is NNC=NCCCCS(=O)(=O)NCC1CCCN1C(=O)C(N)Cc1ccccc1. The van der Waals surface area contributed by atoms with Gasteiger partial charge < -0.3 is 16.1 Å². The molecule has 6 N–H and O–H groups in total. The molecule has 1 aromatic carbocycles. The summed E-state index contributed by atoms with van der Waals surface area (Å²) in [6.45, 7) is 1.35. The lowest BCUT2D eigenvalue weighted by Gasteiger charge is -2.27. The molecule has 0 bridgehead atoms. The maximum Gasteiger partial charge on any atom is 0.240 e. The second-order valence-corrected chi connectivity index (χ2v) is 9.13. The van der Waals surface area contributed by atoms with Gasteiger partial charge in [-0.05, 0) is 37.7 Å². The number of hydrazine groups is 1. The Morgan fingerprint density at radius 2 is 2.07 bits per heavy atom. The first-order chi connectivity index (χ1) is 13.9. The van der Waals surface area contributed by atoms with E-state index in [0.717, 1.165) is 18.4 Å². The van der Waals surface area contributed by atoms with E-state index in [1.807, 2.05) is 30.3 Å². The highest BCUT2D eigenvalue weighted by Gasteiger charge is 2.32. The van der Waals surface area contributed by atoms with Crippen molar-refractivity contribution in [2.75, 3.05) is 25.4 Å². The highest BCUT2D eigenvalue weighted by molar-refractivity contribution is 7.89. The first kappa shape index (κ1) is 23.3. The summed E-state index contributed by atoms with van der Waals surface area (Å²) in [4.78, 5) is 18.5. The Hall–Kier alpha value is -2.01. The van der Waals surface area contributed by atoms with Crippen LogP contribution in [0, 0.1) is 0 Å². The number of benzene rings is 1. The van der Waals surface area contributed by atoms with Crippen LogP contribution >= 0.6 is 0 Å². The summed E-state index contributed by atoms with van der Waals surface area (Å²) in [5.74, 6) is 4.97. The third-order valence-corrected chi connectivity index (χ3v) is 6.36. The van der Waals surface area contributed by atoms with Crippen molar-refractivity contribution in [2.24, 2.45) is 16.6 Å². The number of nitrogens with two attached hydrogens (primary N) is 2. The highest BCUT2D eigenvalue weighted by Crippen LogP contribution is 2.18. The molecule has 2 rings (SSSR count). The number of carbonyl (C=O) groups excluding carboxylic acids is 1. The Labute approximate surface area is 172 Å². The third-order valence-electron chi connectivity index (χ3n) is 4.93. The van der Waals surface area contributed by atoms with E-state index in [9.17, 15) is 13.2 Å². The van der Waals surface area contributed by atoms with Gasteiger partial charge in [-0.25, -0.2) is 19.0 Å². The molecule has 1 aliphatic heterocycles. The van der Waals surface area contributed by atoms with Crippen molar-refractivity contribution < 1.29 is 13.2 Å². The number of hydrogen-bond donors (Lipinski definition) is 4. The number of hydrogen-bond acceptors (Lipinski definition) is 6. The van der Waals surface area contributed by atoms with Crippen LogP contribution in [-0.2, 0) is 21.2 Å². The van der Waals surface area contributed by atoms with Gasteiger partial charge in [0, 0.05) is 25.7 Å². The normalized spacial score (nSPS) is 18.3. The minimum absolute atomic E-state index is 0.0345. The highest BCUT2D eigenvalue weighted by atomic mass is 32.2. The van der Waals surface area contributed by atoms with Crippen LogP contribution in [0.2, 0.25) is 0 Å². The molecule has 29 heavy (non-hydrogen) atoms. The average molecular weight is 425 g/mol. The molecule has 1 amide bonds. The summed E-state index contributed by atoms with van der Waals surface area (Å²) in [6, 6.07) is 8.87. The Morgan fingerprint density at radius 3 is 2.79 bits per heavy atom. The van der Waals surface area contributed by atoms with Crippen molar-refractivity contribution in [2.45, 2.75) is 44.2 Å². The number of nitrogens with zero attached hydrogens (tertiary/aromatic N) is 2. The van der Waals surface area contributed by atoms with Crippen molar-refractivity contribution in [1.82, 2.24) is 15.0 Å². The molecule has 0 aromatic heterocycles. The summed E-state index contributed by atoms with van der Waals surface area (Å²) in [6.07, 6.45) is 4.63. The summed E-state index contributed by atoms with van der Waals surface area (Å²) in [5.41, 5.74) is 9.44. The predicted octanol–water partition coefficient (Wildman–Crippen LogP) is -0.261. The van der Waals surface area contributed by atoms with Gasteiger partial charge in [0.15, 0.2) is 0 Å². The van der Waals surface area contributed by atoms with Crippen molar-refractivity contribution in [3.63, 3.8) is 0 Å². The van der Waals surface area contributed by atoms with Crippen molar-refractivity contribution in [1.29, 1.82) is 0 Å². The number of rotatable bonds is 12. The molecule has 1 heterocycles. The van der Waals surface area contributed by atoms with E-state index >= 15 is 0 Å².